The van der Waals surface area contributed by atoms with Gasteiger partial charge in [0.1, 0.15) is 0 Å². The summed E-state index contributed by atoms with van der Waals surface area (Å²) in [4.78, 5) is 16.7. The Balaban J connectivity index is 0.00000480. The van der Waals surface area contributed by atoms with Crippen LogP contribution in [0.3, 0.4) is 0 Å². The molecule has 0 heterocycles. The van der Waals surface area contributed by atoms with E-state index < -0.39 is 9.84 Å². The summed E-state index contributed by atoms with van der Waals surface area (Å²) in [5.74, 6) is 0.616. The van der Waals surface area contributed by atoms with E-state index in [2.05, 4.69) is 20.9 Å². The first kappa shape index (κ1) is 26.9. The van der Waals surface area contributed by atoms with Gasteiger partial charge < -0.3 is 16.0 Å². The van der Waals surface area contributed by atoms with Crippen molar-refractivity contribution in [3.63, 3.8) is 0 Å². The van der Waals surface area contributed by atoms with E-state index in [1.807, 2.05) is 49.4 Å². The molecule has 0 unspecified atom stereocenters. The molecule has 0 saturated heterocycles. The average molecular weight is 558 g/mol. The SMILES string of the molecule is CCNC(=NCCC(=O)NCc1ccccc1)NCCc1ccc(S(C)(=O)=O)cc1.I. The summed E-state index contributed by atoms with van der Waals surface area (Å²) in [7, 11) is -3.18. The van der Waals surface area contributed by atoms with E-state index >= 15 is 0 Å². The standard InChI is InChI=1S/C22H30N4O3S.HI/c1-3-23-22(24-15-13-18-9-11-20(12-10-18)30(2,28)29)25-16-14-21(27)26-17-19-7-5-4-6-8-19;/h4-12H,3,13-17H2,1-2H3,(H,26,27)(H2,23,24,25);1H. The van der Waals surface area contributed by atoms with E-state index in [1.54, 1.807) is 12.1 Å². The maximum atomic E-state index is 12.0. The van der Waals surface area contributed by atoms with Crippen LogP contribution in [0.5, 0.6) is 0 Å². The van der Waals surface area contributed by atoms with Gasteiger partial charge in [0.05, 0.1) is 11.4 Å². The predicted molar refractivity (Wildman–Crippen MR) is 136 cm³/mol. The lowest BCUT2D eigenvalue weighted by Gasteiger charge is -2.11. The number of nitrogens with one attached hydrogen (secondary N) is 3. The largest absolute Gasteiger partial charge is 0.357 e. The Labute approximate surface area is 202 Å². The van der Waals surface area contributed by atoms with Gasteiger partial charge in [0.15, 0.2) is 15.8 Å². The maximum Gasteiger partial charge on any atom is 0.222 e. The molecule has 0 aromatic heterocycles. The lowest BCUT2D eigenvalue weighted by Crippen LogP contribution is -2.38. The lowest BCUT2D eigenvalue weighted by atomic mass is 10.1. The van der Waals surface area contributed by atoms with Crippen molar-refractivity contribution in [1.82, 2.24) is 16.0 Å². The fourth-order valence-corrected chi connectivity index (χ4v) is 3.35. The normalized spacial score (nSPS) is 11.4. The Morgan fingerprint density at radius 2 is 1.61 bits per heavy atom. The van der Waals surface area contributed by atoms with Gasteiger partial charge >= 0.3 is 0 Å². The zero-order valence-electron chi connectivity index (χ0n) is 17.9. The van der Waals surface area contributed by atoms with Gasteiger partial charge in [-0.2, -0.15) is 0 Å². The van der Waals surface area contributed by atoms with Crippen LogP contribution in [0.2, 0.25) is 0 Å². The Morgan fingerprint density at radius 1 is 0.935 bits per heavy atom. The third-order valence-electron chi connectivity index (χ3n) is 4.34. The van der Waals surface area contributed by atoms with Crippen LogP contribution in [0.15, 0.2) is 64.5 Å². The van der Waals surface area contributed by atoms with Gasteiger partial charge in [-0.1, -0.05) is 42.5 Å². The number of halogens is 1. The molecule has 2 rings (SSSR count). The molecule has 2 aromatic carbocycles. The molecule has 2 aromatic rings. The van der Waals surface area contributed by atoms with Crippen molar-refractivity contribution in [2.24, 2.45) is 4.99 Å². The molecule has 0 aliphatic heterocycles. The number of aliphatic imine (C=N–C) groups is 1. The second-order valence-corrected chi connectivity index (χ2v) is 8.88. The molecule has 170 valence electrons. The molecular weight excluding hydrogens is 527 g/mol. The highest BCUT2D eigenvalue weighted by Crippen LogP contribution is 2.10. The first-order valence-electron chi connectivity index (χ1n) is 10.0. The van der Waals surface area contributed by atoms with Crippen molar-refractivity contribution in [3.05, 3.63) is 65.7 Å². The summed E-state index contributed by atoms with van der Waals surface area (Å²) < 4.78 is 23.0. The van der Waals surface area contributed by atoms with Crippen molar-refractivity contribution in [1.29, 1.82) is 0 Å². The first-order chi connectivity index (χ1) is 14.4. The first-order valence-corrected chi connectivity index (χ1v) is 11.9. The zero-order chi connectivity index (χ0) is 21.8. The van der Waals surface area contributed by atoms with Crippen molar-refractivity contribution in [3.8, 4) is 0 Å². The van der Waals surface area contributed by atoms with Gasteiger partial charge in [-0.3, -0.25) is 9.79 Å². The Hall–Kier alpha value is -2.14. The fraction of sp³-hybridized carbons (Fsp3) is 0.364. The third-order valence-corrected chi connectivity index (χ3v) is 5.47. The van der Waals surface area contributed by atoms with Gasteiger partial charge in [0, 0.05) is 32.3 Å². The van der Waals surface area contributed by atoms with Crippen LogP contribution in [0.25, 0.3) is 0 Å². The highest BCUT2D eigenvalue weighted by Gasteiger charge is 2.06. The molecule has 0 aliphatic rings. The van der Waals surface area contributed by atoms with Gasteiger partial charge in [-0.05, 0) is 36.6 Å². The number of sulfone groups is 1. The van der Waals surface area contributed by atoms with Crippen LogP contribution in [0.4, 0.5) is 0 Å². The topological polar surface area (TPSA) is 99.7 Å². The van der Waals surface area contributed by atoms with E-state index in [9.17, 15) is 13.2 Å². The Bertz CT molecular complexity index is 933. The van der Waals surface area contributed by atoms with Crippen LogP contribution in [-0.4, -0.2) is 46.2 Å². The van der Waals surface area contributed by atoms with E-state index in [-0.39, 0.29) is 29.9 Å². The van der Waals surface area contributed by atoms with E-state index in [0.29, 0.717) is 36.9 Å². The number of amides is 1. The van der Waals surface area contributed by atoms with E-state index in [0.717, 1.165) is 24.1 Å². The number of guanidine groups is 1. The molecule has 1 amide bonds. The van der Waals surface area contributed by atoms with Crippen LogP contribution in [-0.2, 0) is 27.6 Å². The minimum absolute atomic E-state index is 0. The maximum absolute atomic E-state index is 12.0. The van der Waals surface area contributed by atoms with Gasteiger partial charge in [-0.25, -0.2) is 8.42 Å². The second-order valence-electron chi connectivity index (χ2n) is 6.87. The summed E-state index contributed by atoms with van der Waals surface area (Å²) in [5.41, 5.74) is 2.10. The molecule has 31 heavy (non-hydrogen) atoms. The van der Waals surface area contributed by atoms with Crippen LogP contribution in [0.1, 0.15) is 24.5 Å². The molecule has 0 aliphatic carbocycles. The molecule has 0 atom stereocenters. The molecule has 0 bridgehead atoms. The summed E-state index contributed by atoms with van der Waals surface area (Å²) in [5, 5.41) is 9.28. The molecule has 9 heteroatoms. The predicted octanol–water partition coefficient (Wildman–Crippen LogP) is 2.51. The van der Waals surface area contributed by atoms with Gasteiger partial charge in [0.25, 0.3) is 0 Å². The molecule has 0 saturated carbocycles. The Kier molecular flexibility index (Phi) is 12.2. The number of benzene rings is 2. The minimum Gasteiger partial charge on any atom is -0.357 e. The summed E-state index contributed by atoms with van der Waals surface area (Å²) in [6.45, 7) is 4.24. The second kappa shape index (κ2) is 14.0. The molecule has 3 N–H and O–H groups in total. The smallest absolute Gasteiger partial charge is 0.222 e. The third kappa shape index (κ3) is 10.6. The molecule has 0 fully saturated rings. The van der Waals surface area contributed by atoms with Crippen molar-refractivity contribution < 1.29 is 13.2 Å². The highest BCUT2D eigenvalue weighted by atomic mass is 127. The fourth-order valence-electron chi connectivity index (χ4n) is 2.72. The number of carbonyl (C=O) groups is 1. The molecule has 0 radical (unpaired) electrons. The number of nitrogens with zero attached hydrogens (tertiary/aromatic N) is 1. The number of carbonyl (C=O) groups excluding carboxylic acids is 1. The number of hydrogen-bond acceptors (Lipinski definition) is 4. The van der Waals surface area contributed by atoms with Crippen molar-refractivity contribution in [2.75, 3.05) is 25.9 Å². The van der Waals surface area contributed by atoms with E-state index in [1.165, 1.54) is 6.26 Å². The van der Waals surface area contributed by atoms with Crippen LogP contribution in [0, 0.1) is 0 Å². The van der Waals surface area contributed by atoms with E-state index in [4.69, 9.17) is 0 Å². The summed E-state index contributed by atoms with van der Waals surface area (Å²) >= 11 is 0. The van der Waals surface area contributed by atoms with Gasteiger partial charge in [0.2, 0.25) is 5.91 Å². The quantitative estimate of drug-likeness (QED) is 0.237. The highest BCUT2D eigenvalue weighted by molar-refractivity contribution is 14.0. The average Bonchev–Trinajstić information content (AvgIpc) is 2.73. The molecular formula is C22H31IN4O3S. The lowest BCUT2D eigenvalue weighted by molar-refractivity contribution is -0.121. The molecule has 7 nitrogen and oxygen atoms in total. The van der Waals surface area contributed by atoms with Crippen LogP contribution >= 0.6 is 24.0 Å². The van der Waals surface area contributed by atoms with Gasteiger partial charge in [-0.15, -0.1) is 24.0 Å². The van der Waals surface area contributed by atoms with Crippen molar-refractivity contribution in [2.45, 2.75) is 31.2 Å². The number of rotatable bonds is 10. The zero-order valence-corrected chi connectivity index (χ0v) is 21.1. The Morgan fingerprint density at radius 3 is 2.23 bits per heavy atom. The summed E-state index contributed by atoms with van der Waals surface area (Å²) in [6, 6.07) is 16.7. The number of hydrogen-bond donors (Lipinski definition) is 3. The summed E-state index contributed by atoms with van der Waals surface area (Å²) in [6.07, 6.45) is 2.24. The minimum atomic E-state index is -3.18. The van der Waals surface area contributed by atoms with Crippen molar-refractivity contribution >= 4 is 45.7 Å². The molecule has 0 spiro atoms. The monoisotopic (exact) mass is 558 g/mol. The van der Waals surface area contributed by atoms with Crippen LogP contribution < -0.4 is 16.0 Å².